The van der Waals surface area contributed by atoms with Crippen molar-refractivity contribution in [1.29, 1.82) is 0 Å². The molecule has 0 radical (unpaired) electrons. The van der Waals surface area contributed by atoms with E-state index >= 15 is 0 Å². The molecule has 0 aromatic heterocycles. The summed E-state index contributed by atoms with van der Waals surface area (Å²) in [4.78, 5) is 33.4. The van der Waals surface area contributed by atoms with Crippen molar-refractivity contribution in [2.45, 2.75) is 116 Å². The van der Waals surface area contributed by atoms with Crippen molar-refractivity contribution in [1.82, 2.24) is 0 Å². The SMILES string of the molecule is CC/C=C\C/C=C\C/C=C\CCCCCCCCCC(=O)OC(CO)COP(=O)(O)OCC(CO)OC(=O)CCC. The number of phosphoric ester groups is 1. The molecule has 238 valence electrons. The number of aliphatic hydroxyl groups excluding tert-OH is 2. The average molecular weight is 605 g/mol. The second kappa shape index (κ2) is 27.0. The van der Waals surface area contributed by atoms with Crippen LogP contribution in [0.1, 0.15) is 104 Å². The molecule has 11 heteroatoms. The first-order valence-electron chi connectivity index (χ1n) is 14.9. The predicted octanol–water partition coefficient (Wildman–Crippen LogP) is 6.10. The molecule has 0 amide bonds. The van der Waals surface area contributed by atoms with Crippen LogP contribution in [0, 0.1) is 0 Å². The van der Waals surface area contributed by atoms with Crippen molar-refractivity contribution in [3.05, 3.63) is 36.5 Å². The van der Waals surface area contributed by atoms with E-state index in [2.05, 4.69) is 43.4 Å². The normalized spacial score (nSPS) is 15.0. The lowest BCUT2D eigenvalue weighted by molar-refractivity contribution is -0.153. The molecule has 0 bridgehead atoms. The second-order valence-electron chi connectivity index (χ2n) is 9.71. The Morgan fingerprint density at radius 2 is 1.15 bits per heavy atom. The van der Waals surface area contributed by atoms with Crippen molar-refractivity contribution >= 4 is 19.8 Å². The Kier molecular flexibility index (Phi) is 25.9. The number of carbonyl (C=O) groups is 2. The van der Waals surface area contributed by atoms with Crippen LogP contribution in [0.5, 0.6) is 0 Å². The van der Waals surface area contributed by atoms with Crippen molar-refractivity contribution in [3.8, 4) is 0 Å². The van der Waals surface area contributed by atoms with Crippen LogP contribution in [0.25, 0.3) is 0 Å². The maximum absolute atomic E-state index is 12.1. The predicted molar refractivity (Wildman–Crippen MR) is 159 cm³/mol. The molecule has 0 aromatic rings. The van der Waals surface area contributed by atoms with Gasteiger partial charge in [-0.3, -0.25) is 18.6 Å². The molecule has 3 N–H and O–H groups in total. The number of allylic oxidation sites excluding steroid dienone is 6. The summed E-state index contributed by atoms with van der Waals surface area (Å²) in [5, 5.41) is 18.7. The van der Waals surface area contributed by atoms with Crippen LogP contribution in [0.3, 0.4) is 0 Å². The molecule has 0 aliphatic rings. The van der Waals surface area contributed by atoms with Crippen LogP contribution < -0.4 is 0 Å². The number of hydrogen-bond donors (Lipinski definition) is 3. The summed E-state index contributed by atoms with van der Waals surface area (Å²) in [7, 11) is -4.60. The lowest BCUT2D eigenvalue weighted by Crippen LogP contribution is -2.28. The minimum Gasteiger partial charge on any atom is -0.457 e. The number of esters is 2. The highest BCUT2D eigenvalue weighted by atomic mass is 31.2. The summed E-state index contributed by atoms with van der Waals surface area (Å²) in [5.74, 6) is -1.09. The van der Waals surface area contributed by atoms with Crippen LogP contribution in [-0.4, -0.2) is 65.7 Å². The number of rotatable bonds is 27. The molecular formula is C30H53O10P. The first-order chi connectivity index (χ1) is 19.8. The van der Waals surface area contributed by atoms with Crippen molar-refractivity contribution in [2.24, 2.45) is 0 Å². The highest BCUT2D eigenvalue weighted by Crippen LogP contribution is 2.43. The van der Waals surface area contributed by atoms with Gasteiger partial charge in [-0.1, -0.05) is 82.4 Å². The molecule has 0 heterocycles. The van der Waals surface area contributed by atoms with E-state index in [4.69, 9.17) is 18.5 Å². The van der Waals surface area contributed by atoms with Gasteiger partial charge >= 0.3 is 19.8 Å². The number of aliphatic hydroxyl groups is 2. The summed E-state index contributed by atoms with van der Waals surface area (Å²) >= 11 is 0. The van der Waals surface area contributed by atoms with Gasteiger partial charge in [0.05, 0.1) is 26.4 Å². The fourth-order valence-corrected chi connectivity index (χ4v) is 4.36. The quantitative estimate of drug-likeness (QED) is 0.0435. The summed E-state index contributed by atoms with van der Waals surface area (Å²) < 4.78 is 31.7. The van der Waals surface area contributed by atoms with Gasteiger partial charge in [0.15, 0.2) is 0 Å². The number of phosphoric acid groups is 1. The molecule has 0 aliphatic heterocycles. The molecule has 0 fully saturated rings. The first-order valence-corrected chi connectivity index (χ1v) is 16.4. The van der Waals surface area contributed by atoms with Gasteiger partial charge in [0.25, 0.3) is 0 Å². The molecule has 0 saturated heterocycles. The summed E-state index contributed by atoms with van der Waals surface area (Å²) in [6, 6.07) is 0. The Balaban J connectivity index is 3.91. The Labute approximate surface area is 246 Å². The van der Waals surface area contributed by atoms with Gasteiger partial charge in [0, 0.05) is 12.8 Å². The van der Waals surface area contributed by atoms with Crippen molar-refractivity contribution in [3.63, 3.8) is 0 Å². The zero-order chi connectivity index (χ0) is 30.6. The van der Waals surface area contributed by atoms with Crippen LogP contribution in [0.15, 0.2) is 36.5 Å². The van der Waals surface area contributed by atoms with E-state index in [0.717, 1.165) is 51.4 Å². The van der Waals surface area contributed by atoms with Crippen LogP contribution in [-0.2, 0) is 32.7 Å². The van der Waals surface area contributed by atoms with E-state index in [9.17, 15) is 29.3 Å². The first kappa shape index (κ1) is 39.2. The third kappa shape index (κ3) is 25.6. The number of ether oxygens (including phenoxy) is 2. The zero-order valence-electron chi connectivity index (χ0n) is 25.0. The van der Waals surface area contributed by atoms with Gasteiger partial charge in [0.2, 0.25) is 0 Å². The highest BCUT2D eigenvalue weighted by molar-refractivity contribution is 7.47. The number of unbranched alkanes of at least 4 members (excludes halogenated alkanes) is 7. The van der Waals surface area contributed by atoms with Gasteiger partial charge in [-0.15, -0.1) is 0 Å². The fourth-order valence-electron chi connectivity index (χ4n) is 3.58. The molecule has 0 spiro atoms. The molecule has 3 unspecified atom stereocenters. The van der Waals surface area contributed by atoms with E-state index in [1.54, 1.807) is 6.92 Å². The van der Waals surface area contributed by atoms with E-state index in [0.29, 0.717) is 12.8 Å². The van der Waals surface area contributed by atoms with Crippen molar-refractivity contribution in [2.75, 3.05) is 26.4 Å². The smallest absolute Gasteiger partial charge is 0.457 e. The topological polar surface area (TPSA) is 149 Å². The summed E-state index contributed by atoms with van der Waals surface area (Å²) in [6.07, 6.45) is 23.2. The van der Waals surface area contributed by atoms with Gasteiger partial charge in [0.1, 0.15) is 12.2 Å². The molecule has 0 rings (SSSR count). The fraction of sp³-hybridized carbons (Fsp3) is 0.733. The van der Waals surface area contributed by atoms with Gasteiger partial charge < -0.3 is 24.6 Å². The Morgan fingerprint density at radius 3 is 1.66 bits per heavy atom. The lowest BCUT2D eigenvalue weighted by Gasteiger charge is -2.20. The minimum atomic E-state index is -4.60. The van der Waals surface area contributed by atoms with E-state index in [-0.39, 0.29) is 12.8 Å². The molecule has 3 atom stereocenters. The molecule has 10 nitrogen and oxygen atoms in total. The van der Waals surface area contributed by atoms with Crippen LogP contribution in [0.4, 0.5) is 0 Å². The Hall–Kier alpha value is -1.81. The third-order valence-electron chi connectivity index (χ3n) is 5.84. The molecule has 41 heavy (non-hydrogen) atoms. The Bertz CT molecular complexity index is 796. The molecular weight excluding hydrogens is 551 g/mol. The maximum atomic E-state index is 12.1. The van der Waals surface area contributed by atoms with Crippen LogP contribution >= 0.6 is 7.82 Å². The Morgan fingerprint density at radius 1 is 0.683 bits per heavy atom. The lowest BCUT2D eigenvalue weighted by atomic mass is 10.1. The van der Waals surface area contributed by atoms with Gasteiger partial charge in [-0.2, -0.15) is 0 Å². The van der Waals surface area contributed by atoms with E-state index < -0.39 is 58.4 Å². The van der Waals surface area contributed by atoms with Crippen LogP contribution in [0.2, 0.25) is 0 Å². The second-order valence-corrected chi connectivity index (χ2v) is 11.2. The van der Waals surface area contributed by atoms with Gasteiger partial charge in [-0.25, -0.2) is 4.57 Å². The zero-order valence-corrected chi connectivity index (χ0v) is 25.9. The maximum Gasteiger partial charge on any atom is 0.472 e. The summed E-state index contributed by atoms with van der Waals surface area (Å²) in [5.41, 5.74) is 0. The number of hydrogen-bond acceptors (Lipinski definition) is 9. The molecule has 0 aliphatic carbocycles. The standard InChI is InChI=1S/C30H53O10P/c1-3-5-6-7-8-9-10-11-12-13-14-15-16-17-18-19-20-22-30(34)40-28(24-32)26-38-41(35,36)37-25-27(23-31)39-29(33)21-4-2/h5-6,8-9,11-12,27-28,31-32H,3-4,7,10,13-26H2,1-2H3,(H,35,36)/b6-5-,9-8-,12-11-. The van der Waals surface area contributed by atoms with E-state index in [1.165, 1.54) is 12.8 Å². The highest BCUT2D eigenvalue weighted by Gasteiger charge is 2.27. The molecule has 0 saturated carbocycles. The monoisotopic (exact) mass is 604 g/mol. The van der Waals surface area contributed by atoms with Crippen molar-refractivity contribution < 1.29 is 47.8 Å². The summed E-state index contributed by atoms with van der Waals surface area (Å²) in [6.45, 7) is 1.60. The average Bonchev–Trinajstić information content (AvgIpc) is 2.95. The number of carbonyl (C=O) groups excluding carboxylic acids is 2. The van der Waals surface area contributed by atoms with E-state index in [1.807, 2.05) is 0 Å². The third-order valence-corrected chi connectivity index (χ3v) is 6.79. The van der Waals surface area contributed by atoms with Gasteiger partial charge in [-0.05, 0) is 44.9 Å². The molecule has 0 aromatic carbocycles. The largest absolute Gasteiger partial charge is 0.472 e. The minimum absolute atomic E-state index is 0.141.